The Morgan fingerprint density at radius 2 is 1.65 bits per heavy atom. The minimum Gasteiger partial charge on any atom is -0.279 e. The summed E-state index contributed by atoms with van der Waals surface area (Å²) in [4.78, 5) is 4.29. The van der Waals surface area contributed by atoms with Crippen molar-refractivity contribution in [2.75, 3.05) is 4.72 Å². The summed E-state index contributed by atoms with van der Waals surface area (Å²) >= 11 is 0. The minimum atomic E-state index is -3.81. The zero-order valence-corrected chi connectivity index (χ0v) is 12.8. The predicted octanol–water partition coefficient (Wildman–Crippen LogP) is 3.69. The first kappa shape index (κ1) is 15.2. The van der Waals surface area contributed by atoms with Crippen LogP contribution in [0.2, 0.25) is 0 Å². The summed E-state index contributed by atoms with van der Waals surface area (Å²) in [6, 6.07) is 17.1. The molecule has 0 aliphatic rings. The Kier molecular flexibility index (Phi) is 4.08. The van der Waals surface area contributed by atoms with Crippen LogP contribution in [0.1, 0.15) is 0 Å². The highest BCUT2D eigenvalue weighted by Gasteiger charge is 2.17. The SMILES string of the molecule is O=S(=O)(Nc1cc(F)ccc1-c1ccccn1)c1ccccc1. The zero-order valence-electron chi connectivity index (χ0n) is 12.0. The van der Waals surface area contributed by atoms with Gasteiger partial charge in [0, 0.05) is 11.8 Å². The van der Waals surface area contributed by atoms with Crippen molar-refractivity contribution >= 4 is 15.7 Å². The second kappa shape index (κ2) is 6.18. The minimum absolute atomic E-state index is 0.108. The lowest BCUT2D eigenvalue weighted by Gasteiger charge is -2.12. The number of hydrogen-bond acceptors (Lipinski definition) is 3. The number of sulfonamides is 1. The highest BCUT2D eigenvalue weighted by Crippen LogP contribution is 2.29. The normalized spacial score (nSPS) is 11.2. The van der Waals surface area contributed by atoms with Gasteiger partial charge in [0.2, 0.25) is 0 Å². The van der Waals surface area contributed by atoms with Crippen LogP contribution in [0.3, 0.4) is 0 Å². The molecule has 0 radical (unpaired) electrons. The van der Waals surface area contributed by atoms with Crippen molar-refractivity contribution in [1.29, 1.82) is 0 Å². The molecule has 2 aromatic carbocycles. The molecule has 0 amide bonds. The maximum atomic E-state index is 13.6. The molecule has 1 N–H and O–H groups in total. The molecule has 0 saturated carbocycles. The van der Waals surface area contributed by atoms with E-state index < -0.39 is 15.8 Å². The molecular weight excluding hydrogens is 315 g/mol. The molecule has 4 nitrogen and oxygen atoms in total. The van der Waals surface area contributed by atoms with Crippen LogP contribution in [0.25, 0.3) is 11.3 Å². The summed E-state index contributed by atoms with van der Waals surface area (Å²) in [5.41, 5.74) is 1.21. The van der Waals surface area contributed by atoms with E-state index in [1.165, 1.54) is 24.3 Å². The van der Waals surface area contributed by atoms with Crippen LogP contribution in [0.4, 0.5) is 10.1 Å². The molecule has 116 valence electrons. The maximum Gasteiger partial charge on any atom is 0.261 e. The Labute approximate surface area is 133 Å². The van der Waals surface area contributed by atoms with Gasteiger partial charge in [-0.05, 0) is 42.5 Å². The summed E-state index contributed by atoms with van der Waals surface area (Å²) in [6.07, 6.45) is 1.59. The molecule has 0 spiro atoms. The van der Waals surface area contributed by atoms with Crippen molar-refractivity contribution < 1.29 is 12.8 Å². The van der Waals surface area contributed by atoms with Gasteiger partial charge in [0.25, 0.3) is 10.0 Å². The van der Waals surface area contributed by atoms with Gasteiger partial charge in [0.05, 0.1) is 16.3 Å². The molecular formula is C17H13FN2O2S. The van der Waals surface area contributed by atoms with Crippen LogP contribution in [0.15, 0.2) is 77.8 Å². The Balaban J connectivity index is 2.05. The van der Waals surface area contributed by atoms with Crippen LogP contribution >= 0.6 is 0 Å². The van der Waals surface area contributed by atoms with E-state index in [1.54, 1.807) is 42.6 Å². The van der Waals surface area contributed by atoms with Gasteiger partial charge in [-0.3, -0.25) is 9.71 Å². The van der Waals surface area contributed by atoms with Gasteiger partial charge in [0.15, 0.2) is 0 Å². The molecule has 23 heavy (non-hydrogen) atoms. The van der Waals surface area contributed by atoms with Gasteiger partial charge in [-0.15, -0.1) is 0 Å². The van der Waals surface area contributed by atoms with E-state index in [-0.39, 0.29) is 10.6 Å². The number of nitrogens with zero attached hydrogens (tertiary/aromatic N) is 1. The predicted molar refractivity (Wildman–Crippen MR) is 86.9 cm³/mol. The molecule has 0 saturated heterocycles. The number of benzene rings is 2. The van der Waals surface area contributed by atoms with Crippen LogP contribution in [0, 0.1) is 5.82 Å². The van der Waals surface area contributed by atoms with Gasteiger partial charge in [0.1, 0.15) is 5.82 Å². The standard InChI is InChI=1S/C17H13FN2O2S/c18-13-9-10-15(16-8-4-5-11-19-16)17(12-13)20-23(21,22)14-6-2-1-3-7-14/h1-12,20H. The number of rotatable bonds is 4. The highest BCUT2D eigenvalue weighted by molar-refractivity contribution is 7.92. The number of nitrogens with one attached hydrogen (secondary N) is 1. The second-order valence-electron chi connectivity index (χ2n) is 4.82. The summed E-state index contributed by atoms with van der Waals surface area (Å²) < 4.78 is 40.9. The van der Waals surface area contributed by atoms with Gasteiger partial charge in [-0.2, -0.15) is 0 Å². The summed E-state index contributed by atoms with van der Waals surface area (Å²) in [5.74, 6) is -0.532. The average Bonchev–Trinajstić information content (AvgIpc) is 2.56. The quantitative estimate of drug-likeness (QED) is 0.794. The van der Waals surface area contributed by atoms with E-state index in [1.807, 2.05) is 0 Å². The lowest BCUT2D eigenvalue weighted by molar-refractivity contribution is 0.601. The van der Waals surface area contributed by atoms with E-state index in [2.05, 4.69) is 9.71 Å². The zero-order chi connectivity index (χ0) is 16.3. The number of pyridine rings is 1. The topological polar surface area (TPSA) is 59.1 Å². The third-order valence-electron chi connectivity index (χ3n) is 3.22. The van der Waals surface area contributed by atoms with Crippen LogP contribution in [-0.4, -0.2) is 13.4 Å². The number of anilines is 1. The van der Waals surface area contributed by atoms with E-state index in [9.17, 15) is 12.8 Å². The lowest BCUT2D eigenvalue weighted by Crippen LogP contribution is -2.13. The smallest absolute Gasteiger partial charge is 0.261 e. The van der Waals surface area contributed by atoms with E-state index in [0.29, 0.717) is 11.3 Å². The largest absolute Gasteiger partial charge is 0.279 e. The Hall–Kier alpha value is -2.73. The first-order chi connectivity index (χ1) is 11.1. The molecule has 1 aromatic heterocycles. The molecule has 0 bridgehead atoms. The van der Waals surface area contributed by atoms with Crippen LogP contribution in [0.5, 0.6) is 0 Å². The second-order valence-corrected chi connectivity index (χ2v) is 6.51. The summed E-state index contributed by atoms with van der Waals surface area (Å²) in [7, 11) is -3.81. The fourth-order valence-electron chi connectivity index (χ4n) is 2.15. The fraction of sp³-hybridized carbons (Fsp3) is 0. The van der Waals surface area contributed by atoms with Crippen molar-refractivity contribution in [3.63, 3.8) is 0 Å². The number of aromatic nitrogens is 1. The molecule has 6 heteroatoms. The van der Waals surface area contributed by atoms with Crippen LogP contribution in [-0.2, 0) is 10.0 Å². The van der Waals surface area contributed by atoms with Gasteiger partial charge in [-0.1, -0.05) is 24.3 Å². The lowest BCUT2D eigenvalue weighted by atomic mass is 10.1. The molecule has 0 atom stereocenters. The Morgan fingerprint density at radius 1 is 0.913 bits per heavy atom. The Bertz CT molecular complexity index is 914. The van der Waals surface area contributed by atoms with Crippen molar-refractivity contribution in [3.8, 4) is 11.3 Å². The highest BCUT2D eigenvalue weighted by atomic mass is 32.2. The third kappa shape index (κ3) is 3.37. The third-order valence-corrected chi connectivity index (χ3v) is 4.60. The molecule has 3 aromatic rings. The summed E-state index contributed by atoms with van der Waals surface area (Å²) in [6.45, 7) is 0. The van der Waals surface area contributed by atoms with Crippen molar-refractivity contribution in [2.45, 2.75) is 4.90 Å². The molecule has 0 unspecified atom stereocenters. The van der Waals surface area contributed by atoms with Gasteiger partial charge < -0.3 is 0 Å². The molecule has 0 fully saturated rings. The van der Waals surface area contributed by atoms with Gasteiger partial charge >= 0.3 is 0 Å². The van der Waals surface area contributed by atoms with Crippen molar-refractivity contribution in [1.82, 2.24) is 4.98 Å². The van der Waals surface area contributed by atoms with E-state index >= 15 is 0 Å². The van der Waals surface area contributed by atoms with Crippen LogP contribution < -0.4 is 4.72 Å². The van der Waals surface area contributed by atoms with E-state index in [0.717, 1.165) is 6.07 Å². The number of halogens is 1. The monoisotopic (exact) mass is 328 g/mol. The first-order valence-electron chi connectivity index (χ1n) is 6.85. The Morgan fingerprint density at radius 3 is 2.35 bits per heavy atom. The first-order valence-corrected chi connectivity index (χ1v) is 8.33. The van der Waals surface area contributed by atoms with E-state index in [4.69, 9.17) is 0 Å². The van der Waals surface area contributed by atoms with Crippen molar-refractivity contribution in [3.05, 3.63) is 78.7 Å². The van der Waals surface area contributed by atoms with Crippen molar-refractivity contribution in [2.24, 2.45) is 0 Å². The molecule has 0 aliphatic carbocycles. The van der Waals surface area contributed by atoms with Gasteiger partial charge in [-0.25, -0.2) is 12.8 Å². The fourth-order valence-corrected chi connectivity index (χ4v) is 3.24. The maximum absolute atomic E-state index is 13.6. The molecule has 1 heterocycles. The summed E-state index contributed by atoms with van der Waals surface area (Å²) in [5, 5.41) is 0. The molecule has 0 aliphatic heterocycles. The number of hydrogen-bond donors (Lipinski definition) is 1. The average molecular weight is 328 g/mol. The molecule has 3 rings (SSSR count).